The molecular weight excluding hydrogens is 442 g/mol. The molecule has 0 saturated carbocycles. The second kappa shape index (κ2) is 10.1. The zero-order valence-corrected chi connectivity index (χ0v) is 20.0. The Bertz CT molecular complexity index is 1250. The van der Waals surface area contributed by atoms with Gasteiger partial charge >= 0.3 is 0 Å². The highest BCUT2D eigenvalue weighted by atomic mass is 32.2. The van der Waals surface area contributed by atoms with Crippen molar-refractivity contribution in [2.24, 2.45) is 5.92 Å². The number of aromatic nitrogens is 2. The van der Waals surface area contributed by atoms with Crippen LogP contribution in [0.1, 0.15) is 38.1 Å². The maximum Gasteiger partial charge on any atom is 0.261 e. The number of rotatable bonds is 9. The van der Waals surface area contributed by atoms with Gasteiger partial charge in [0, 0.05) is 18.7 Å². The summed E-state index contributed by atoms with van der Waals surface area (Å²) in [7, 11) is -3.71. The third-order valence-corrected chi connectivity index (χ3v) is 7.41. The van der Waals surface area contributed by atoms with Crippen LogP contribution in [0.15, 0.2) is 59.8 Å². The summed E-state index contributed by atoms with van der Waals surface area (Å²) in [5.74, 6) is -1.16. The van der Waals surface area contributed by atoms with Crippen LogP contribution >= 0.6 is 0 Å². The highest BCUT2D eigenvalue weighted by Gasteiger charge is 2.27. The van der Waals surface area contributed by atoms with E-state index in [0.29, 0.717) is 13.1 Å². The van der Waals surface area contributed by atoms with Crippen LogP contribution in [-0.2, 0) is 14.8 Å². The molecule has 33 heavy (non-hydrogen) atoms. The fraction of sp³-hybridized carbons (Fsp3) is 0.348. The van der Waals surface area contributed by atoms with Gasteiger partial charge in [-0.25, -0.2) is 18.1 Å². The summed E-state index contributed by atoms with van der Waals surface area (Å²) in [4.78, 5) is 30.2. The number of hydrogen-bond acceptors (Lipinski definition) is 5. The van der Waals surface area contributed by atoms with Gasteiger partial charge < -0.3 is 5.32 Å². The Balaban J connectivity index is 1.80. The number of amides is 2. The maximum atomic E-state index is 13.0. The van der Waals surface area contributed by atoms with Crippen molar-refractivity contribution in [3.05, 3.63) is 60.4 Å². The molecule has 2 aromatic carbocycles. The first-order valence-corrected chi connectivity index (χ1v) is 12.3. The molecule has 0 saturated heterocycles. The number of sulfonamides is 1. The van der Waals surface area contributed by atoms with Crippen LogP contribution in [-0.4, -0.2) is 53.3 Å². The topological polar surface area (TPSA) is 113 Å². The Labute approximate surface area is 193 Å². The molecule has 9 nitrogen and oxygen atoms in total. The second-order valence-corrected chi connectivity index (χ2v) is 9.83. The number of carbonyl (C=O) groups is 2. The number of nitrogens with one attached hydrogen (secondary N) is 2. The molecule has 2 amide bonds. The lowest BCUT2D eigenvalue weighted by atomic mass is 10.0. The van der Waals surface area contributed by atoms with E-state index in [0.717, 1.165) is 11.0 Å². The fourth-order valence-electron chi connectivity index (χ4n) is 3.51. The monoisotopic (exact) mass is 471 g/mol. The Morgan fingerprint density at radius 3 is 2.42 bits per heavy atom. The zero-order chi connectivity index (χ0) is 24.2. The van der Waals surface area contributed by atoms with Crippen LogP contribution in [0.3, 0.4) is 0 Å². The van der Waals surface area contributed by atoms with Crippen LogP contribution < -0.4 is 10.7 Å². The zero-order valence-electron chi connectivity index (χ0n) is 19.1. The van der Waals surface area contributed by atoms with Gasteiger partial charge in [-0.15, -0.1) is 0 Å². The molecule has 10 heteroatoms. The van der Waals surface area contributed by atoms with Gasteiger partial charge in [-0.05, 0) is 36.2 Å². The van der Waals surface area contributed by atoms with Gasteiger partial charge in [0.1, 0.15) is 12.4 Å². The predicted octanol–water partition coefficient (Wildman–Crippen LogP) is 2.59. The highest BCUT2D eigenvalue weighted by Crippen LogP contribution is 2.18. The minimum Gasteiger partial charge on any atom is -0.340 e. The molecule has 0 spiro atoms. The number of fused-ring (bicyclic) bond motifs is 1. The molecule has 0 unspecified atom stereocenters. The molecule has 176 valence electrons. The van der Waals surface area contributed by atoms with Crippen molar-refractivity contribution in [1.82, 2.24) is 19.3 Å². The summed E-state index contributed by atoms with van der Waals surface area (Å²) in [6.45, 7) is 7.80. The first-order valence-electron chi connectivity index (χ1n) is 10.8. The first kappa shape index (κ1) is 24.4. The molecule has 0 radical (unpaired) electrons. The number of hydrogen-bond donors (Lipinski definition) is 2. The standard InChI is InChI=1S/C23H29N5O4S/c1-5-27(6-2)33(31,32)18-11-9-10-17(14-18)22(29)25-21(16(3)4)23(30)26-28-15-24-19-12-7-8-13-20(19)28/h7-16,21H,5-6H2,1-4H3,(H,25,29)(H,26,30)/t21-/m0/s1. The molecule has 1 atom stereocenters. The van der Waals surface area contributed by atoms with Crippen molar-refractivity contribution in [3.8, 4) is 0 Å². The van der Waals surface area contributed by atoms with Gasteiger partial charge in [0.25, 0.3) is 11.8 Å². The Kier molecular flexibility index (Phi) is 7.50. The SMILES string of the molecule is CCN(CC)S(=O)(=O)c1cccc(C(=O)N[C@H](C(=O)Nn2cnc3ccccc32)C(C)C)c1. The van der Waals surface area contributed by atoms with Crippen LogP contribution in [0, 0.1) is 5.92 Å². The van der Waals surface area contributed by atoms with Crippen molar-refractivity contribution in [1.29, 1.82) is 0 Å². The van der Waals surface area contributed by atoms with Crippen molar-refractivity contribution < 1.29 is 18.0 Å². The van der Waals surface area contributed by atoms with Gasteiger partial charge in [-0.2, -0.15) is 4.31 Å². The predicted molar refractivity (Wildman–Crippen MR) is 127 cm³/mol. The minimum atomic E-state index is -3.71. The Morgan fingerprint density at radius 1 is 1.06 bits per heavy atom. The molecule has 0 bridgehead atoms. The molecule has 0 aliphatic carbocycles. The summed E-state index contributed by atoms with van der Waals surface area (Å²) >= 11 is 0. The van der Waals surface area contributed by atoms with E-state index in [1.165, 1.54) is 39.6 Å². The molecular formula is C23H29N5O4S. The lowest BCUT2D eigenvalue weighted by molar-refractivity contribution is -0.119. The number of carbonyl (C=O) groups excluding carboxylic acids is 2. The number of para-hydroxylation sites is 2. The summed E-state index contributed by atoms with van der Waals surface area (Å²) in [6, 6.07) is 12.3. The van der Waals surface area contributed by atoms with Crippen molar-refractivity contribution in [3.63, 3.8) is 0 Å². The summed E-state index contributed by atoms with van der Waals surface area (Å²) in [5.41, 5.74) is 4.39. The van der Waals surface area contributed by atoms with E-state index >= 15 is 0 Å². The van der Waals surface area contributed by atoms with Gasteiger partial charge in [0.2, 0.25) is 10.0 Å². The molecule has 3 aromatic rings. The van der Waals surface area contributed by atoms with Crippen LogP contribution in [0.4, 0.5) is 0 Å². The fourth-order valence-corrected chi connectivity index (χ4v) is 5.01. The van der Waals surface area contributed by atoms with Crippen LogP contribution in [0.5, 0.6) is 0 Å². The highest BCUT2D eigenvalue weighted by molar-refractivity contribution is 7.89. The lowest BCUT2D eigenvalue weighted by Gasteiger charge is -2.22. The molecule has 0 fully saturated rings. The molecule has 1 heterocycles. The molecule has 1 aromatic heterocycles. The van der Waals surface area contributed by atoms with Gasteiger partial charge in [0.05, 0.1) is 15.9 Å². The van der Waals surface area contributed by atoms with E-state index in [1.54, 1.807) is 13.8 Å². The number of imidazole rings is 1. The third kappa shape index (κ3) is 5.23. The summed E-state index contributed by atoms with van der Waals surface area (Å²) < 4.78 is 28.5. The van der Waals surface area contributed by atoms with E-state index < -0.39 is 27.9 Å². The minimum absolute atomic E-state index is 0.0364. The molecule has 0 aliphatic heterocycles. The van der Waals surface area contributed by atoms with Crippen LogP contribution in [0.2, 0.25) is 0 Å². The van der Waals surface area contributed by atoms with Gasteiger partial charge in [-0.3, -0.25) is 15.0 Å². The molecule has 2 N–H and O–H groups in total. The Morgan fingerprint density at radius 2 is 1.76 bits per heavy atom. The number of nitrogens with zero attached hydrogens (tertiary/aromatic N) is 3. The van der Waals surface area contributed by atoms with Gasteiger partial charge in [-0.1, -0.05) is 45.9 Å². The van der Waals surface area contributed by atoms with Crippen molar-refractivity contribution >= 4 is 32.9 Å². The summed E-state index contributed by atoms with van der Waals surface area (Å²) in [6.07, 6.45) is 1.50. The van der Waals surface area contributed by atoms with E-state index in [2.05, 4.69) is 15.7 Å². The molecule has 3 rings (SSSR count). The average molecular weight is 472 g/mol. The third-order valence-electron chi connectivity index (χ3n) is 5.36. The number of benzene rings is 2. The van der Waals surface area contributed by atoms with Crippen molar-refractivity contribution in [2.45, 2.75) is 38.6 Å². The first-order chi connectivity index (χ1) is 15.7. The van der Waals surface area contributed by atoms with Crippen molar-refractivity contribution in [2.75, 3.05) is 18.5 Å². The van der Waals surface area contributed by atoms with E-state index in [4.69, 9.17) is 0 Å². The van der Waals surface area contributed by atoms with Crippen LogP contribution in [0.25, 0.3) is 11.0 Å². The Hall–Kier alpha value is -3.24. The summed E-state index contributed by atoms with van der Waals surface area (Å²) in [5, 5.41) is 2.74. The van der Waals surface area contributed by atoms with E-state index in [-0.39, 0.29) is 16.4 Å². The second-order valence-electron chi connectivity index (χ2n) is 7.89. The largest absolute Gasteiger partial charge is 0.340 e. The molecule has 0 aliphatic rings. The van der Waals surface area contributed by atoms with Gasteiger partial charge in [0.15, 0.2) is 0 Å². The van der Waals surface area contributed by atoms with E-state index in [1.807, 2.05) is 38.1 Å². The average Bonchev–Trinajstić information content (AvgIpc) is 3.20. The quantitative estimate of drug-likeness (QED) is 0.498. The lowest BCUT2D eigenvalue weighted by Crippen LogP contribution is -2.48. The normalized spacial score (nSPS) is 12.8. The smallest absolute Gasteiger partial charge is 0.261 e. The van der Waals surface area contributed by atoms with E-state index in [9.17, 15) is 18.0 Å². The maximum absolute atomic E-state index is 13.0.